The lowest BCUT2D eigenvalue weighted by atomic mass is 10.0. The maximum absolute atomic E-state index is 11.8. The van der Waals surface area contributed by atoms with E-state index in [0.717, 1.165) is 18.5 Å². The minimum Gasteiger partial charge on any atom is -0.356 e. The van der Waals surface area contributed by atoms with E-state index in [2.05, 4.69) is 22.5 Å². The summed E-state index contributed by atoms with van der Waals surface area (Å²) in [5.41, 5.74) is 0.983. The third-order valence-corrected chi connectivity index (χ3v) is 4.77. The van der Waals surface area contributed by atoms with Gasteiger partial charge in [-0.2, -0.15) is 0 Å². The summed E-state index contributed by atoms with van der Waals surface area (Å²) in [7, 11) is 0. The molecule has 0 saturated carbocycles. The topological polar surface area (TPSA) is 61.4 Å². The van der Waals surface area contributed by atoms with E-state index in [4.69, 9.17) is 0 Å². The van der Waals surface area contributed by atoms with Crippen LogP contribution < -0.4 is 10.6 Å². The number of benzene rings is 1. The molecule has 1 aliphatic rings. The fraction of sp³-hybridized carbons (Fsp3) is 0.600. The average Bonchev–Trinajstić information content (AvgIpc) is 2.61. The third kappa shape index (κ3) is 7.69. The van der Waals surface area contributed by atoms with Gasteiger partial charge >= 0.3 is 0 Å². The van der Waals surface area contributed by atoms with Crippen molar-refractivity contribution in [3.63, 3.8) is 0 Å². The second-order valence-electron chi connectivity index (χ2n) is 6.85. The molecule has 0 aromatic heterocycles. The molecule has 1 saturated heterocycles. The molecule has 1 aliphatic heterocycles. The van der Waals surface area contributed by atoms with Gasteiger partial charge in [0, 0.05) is 32.1 Å². The normalized spacial score (nSPS) is 17.9. The van der Waals surface area contributed by atoms with Crippen LogP contribution in [0.2, 0.25) is 0 Å². The summed E-state index contributed by atoms with van der Waals surface area (Å²) in [6.07, 6.45) is 5.59. The van der Waals surface area contributed by atoms with E-state index in [9.17, 15) is 9.59 Å². The molecule has 1 unspecified atom stereocenters. The zero-order valence-electron chi connectivity index (χ0n) is 15.3. The number of piperidine rings is 1. The second kappa shape index (κ2) is 10.9. The van der Waals surface area contributed by atoms with Crippen LogP contribution in [0.5, 0.6) is 0 Å². The van der Waals surface area contributed by atoms with Crippen LogP contribution >= 0.6 is 0 Å². The van der Waals surface area contributed by atoms with Gasteiger partial charge in [-0.1, -0.05) is 36.8 Å². The molecule has 138 valence electrons. The molecule has 1 aromatic rings. The molecule has 5 nitrogen and oxygen atoms in total. The molecule has 0 bridgehead atoms. The van der Waals surface area contributed by atoms with E-state index >= 15 is 0 Å². The number of likely N-dealkylation sites (tertiary alicyclic amines) is 1. The van der Waals surface area contributed by atoms with Crippen molar-refractivity contribution in [2.45, 2.75) is 51.5 Å². The predicted octanol–water partition coefficient (Wildman–Crippen LogP) is 2.12. The Hall–Kier alpha value is -1.88. The summed E-state index contributed by atoms with van der Waals surface area (Å²) >= 11 is 0. The maximum atomic E-state index is 11.8. The van der Waals surface area contributed by atoms with Gasteiger partial charge in [0.2, 0.25) is 11.8 Å². The summed E-state index contributed by atoms with van der Waals surface area (Å²) in [5.74, 6) is -0.0372. The molecule has 2 rings (SSSR count). The van der Waals surface area contributed by atoms with Crippen LogP contribution in [0.1, 0.15) is 44.6 Å². The molecule has 2 N–H and O–H groups in total. The third-order valence-electron chi connectivity index (χ3n) is 4.77. The van der Waals surface area contributed by atoms with E-state index in [0.29, 0.717) is 32.0 Å². The van der Waals surface area contributed by atoms with Gasteiger partial charge in [0.1, 0.15) is 0 Å². The quantitative estimate of drug-likeness (QED) is 0.674. The fourth-order valence-corrected chi connectivity index (χ4v) is 3.25. The lowest BCUT2D eigenvalue weighted by molar-refractivity contribution is -0.122. The van der Waals surface area contributed by atoms with Crippen LogP contribution in [0.3, 0.4) is 0 Å². The van der Waals surface area contributed by atoms with Crippen LogP contribution in [-0.2, 0) is 16.0 Å². The Kier molecular flexibility index (Phi) is 8.46. The molecular weight excluding hydrogens is 314 g/mol. The molecule has 0 spiro atoms. The average molecular weight is 345 g/mol. The number of rotatable bonds is 9. The number of hydrogen-bond donors (Lipinski definition) is 2. The van der Waals surface area contributed by atoms with Crippen LogP contribution in [-0.4, -0.2) is 48.9 Å². The minimum absolute atomic E-state index is 0.00621. The number of nitrogens with one attached hydrogen (secondary N) is 2. The van der Waals surface area contributed by atoms with Crippen LogP contribution in [0.4, 0.5) is 0 Å². The SMILES string of the molecule is CC1CCCCN1CCCNC(=O)CCNC(=O)Cc1ccccc1. The molecule has 1 atom stereocenters. The largest absolute Gasteiger partial charge is 0.356 e. The standard InChI is InChI=1S/C20H31N3O2/c1-17-8-5-6-14-23(17)15-7-12-21-19(24)11-13-22-20(25)16-18-9-3-2-4-10-18/h2-4,9-10,17H,5-8,11-16H2,1H3,(H,21,24)(H,22,25). The van der Waals surface area contributed by atoms with Crippen molar-refractivity contribution in [3.05, 3.63) is 35.9 Å². The van der Waals surface area contributed by atoms with E-state index in [1.165, 1.54) is 25.8 Å². The summed E-state index contributed by atoms with van der Waals surface area (Å²) in [6, 6.07) is 10.3. The van der Waals surface area contributed by atoms with Crippen molar-refractivity contribution in [1.29, 1.82) is 0 Å². The zero-order chi connectivity index (χ0) is 17.9. The molecule has 25 heavy (non-hydrogen) atoms. The van der Waals surface area contributed by atoms with Crippen molar-refractivity contribution in [1.82, 2.24) is 15.5 Å². The molecule has 1 heterocycles. The lowest BCUT2D eigenvalue weighted by Gasteiger charge is -2.33. The van der Waals surface area contributed by atoms with Gasteiger partial charge in [0.05, 0.1) is 6.42 Å². The highest BCUT2D eigenvalue weighted by Gasteiger charge is 2.17. The van der Waals surface area contributed by atoms with Gasteiger partial charge < -0.3 is 15.5 Å². The molecule has 1 aromatic carbocycles. The zero-order valence-corrected chi connectivity index (χ0v) is 15.3. The number of carbonyl (C=O) groups excluding carboxylic acids is 2. The summed E-state index contributed by atoms with van der Waals surface area (Å²) in [5, 5.41) is 5.75. The Morgan fingerprint density at radius 3 is 2.60 bits per heavy atom. The number of hydrogen-bond acceptors (Lipinski definition) is 3. The Morgan fingerprint density at radius 1 is 1.08 bits per heavy atom. The number of nitrogens with zero attached hydrogens (tertiary/aromatic N) is 1. The van der Waals surface area contributed by atoms with Crippen LogP contribution in [0.15, 0.2) is 30.3 Å². The van der Waals surface area contributed by atoms with E-state index in [1.807, 2.05) is 30.3 Å². The molecule has 1 fully saturated rings. The lowest BCUT2D eigenvalue weighted by Crippen LogP contribution is -2.39. The summed E-state index contributed by atoms with van der Waals surface area (Å²) < 4.78 is 0. The van der Waals surface area contributed by atoms with Gasteiger partial charge in [-0.25, -0.2) is 0 Å². The number of carbonyl (C=O) groups is 2. The van der Waals surface area contributed by atoms with Crippen molar-refractivity contribution < 1.29 is 9.59 Å². The van der Waals surface area contributed by atoms with Gasteiger partial charge in [-0.15, -0.1) is 0 Å². The van der Waals surface area contributed by atoms with Crippen molar-refractivity contribution >= 4 is 11.8 Å². The fourth-order valence-electron chi connectivity index (χ4n) is 3.25. The van der Waals surface area contributed by atoms with Gasteiger partial charge in [0.15, 0.2) is 0 Å². The molecule has 5 heteroatoms. The Morgan fingerprint density at radius 2 is 1.84 bits per heavy atom. The Bertz CT molecular complexity index is 533. The van der Waals surface area contributed by atoms with Gasteiger partial charge in [-0.05, 0) is 38.3 Å². The van der Waals surface area contributed by atoms with Crippen molar-refractivity contribution in [2.24, 2.45) is 0 Å². The highest BCUT2D eigenvalue weighted by Crippen LogP contribution is 2.15. The predicted molar refractivity (Wildman–Crippen MR) is 100 cm³/mol. The smallest absolute Gasteiger partial charge is 0.224 e. The van der Waals surface area contributed by atoms with E-state index in [-0.39, 0.29) is 11.8 Å². The van der Waals surface area contributed by atoms with Crippen LogP contribution in [0.25, 0.3) is 0 Å². The first-order chi connectivity index (χ1) is 12.1. The van der Waals surface area contributed by atoms with Gasteiger partial charge in [0.25, 0.3) is 0 Å². The summed E-state index contributed by atoms with van der Waals surface area (Å²) in [6.45, 7) is 5.62. The first-order valence-electron chi connectivity index (χ1n) is 9.46. The maximum Gasteiger partial charge on any atom is 0.224 e. The Labute approximate surface area is 151 Å². The first-order valence-corrected chi connectivity index (χ1v) is 9.46. The summed E-state index contributed by atoms with van der Waals surface area (Å²) in [4.78, 5) is 26.1. The first kappa shape index (κ1) is 19.4. The highest BCUT2D eigenvalue weighted by atomic mass is 16.2. The highest BCUT2D eigenvalue weighted by molar-refractivity contribution is 5.80. The van der Waals surface area contributed by atoms with Gasteiger partial charge in [-0.3, -0.25) is 9.59 Å². The minimum atomic E-state index is -0.0434. The van der Waals surface area contributed by atoms with E-state index < -0.39 is 0 Å². The van der Waals surface area contributed by atoms with E-state index in [1.54, 1.807) is 0 Å². The number of amides is 2. The monoisotopic (exact) mass is 345 g/mol. The van der Waals surface area contributed by atoms with Crippen LogP contribution in [0, 0.1) is 0 Å². The second-order valence-corrected chi connectivity index (χ2v) is 6.85. The molecular formula is C20H31N3O2. The van der Waals surface area contributed by atoms with Crippen molar-refractivity contribution in [2.75, 3.05) is 26.2 Å². The molecule has 0 radical (unpaired) electrons. The van der Waals surface area contributed by atoms with Crippen molar-refractivity contribution in [3.8, 4) is 0 Å². The Balaban J connectivity index is 1.50. The molecule has 2 amide bonds. The molecule has 0 aliphatic carbocycles.